The van der Waals surface area contributed by atoms with Crippen molar-refractivity contribution in [1.82, 2.24) is 9.29 Å². The van der Waals surface area contributed by atoms with Gasteiger partial charge in [-0.3, -0.25) is 0 Å². The fourth-order valence-electron chi connectivity index (χ4n) is 4.33. The molecule has 2 aromatic carbocycles. The van der Waals surface area contributed by atoms with Crippen LogP contribution < -0.4 is 4.72 Å². The Bertz CT molecular complexity index is 1460. The number of rotatable bonds is 8. The molecule has 0 bridgehead atoms. The molecule has 208 valence electrons. The van der Waals surface area contributed by atoms with Crippen LogP contribution in [-0.2, 0) is 22.7 Å². The molecule has 1 aliphatic rings. The Morgan fingerprint density at radius 2 is 1.68 bits per heavy atom. The van der Waals surface area contributed by atoms with Gasteiger partial charge in [-0.25, -0.2) is 12.8 Å². The number of benzene rings is 2. The Hall–Kier alpha value is -2.64. The van der Waals surface area contributed by atoms with Crippen LogP contribution in [-0.4, -0.2) is 36.1 Å². The number of nitrogens with one attached hydrogen (secondary N) is 1. The molecule has 38 heavy (non-hydrogen) atoms. The number of alkyl halides is 6. The van der Waals surface area contributed by atoms with Crippen LogP contribution in [0.4, 0.5) is 30.7 Å². The second-order valence-corrected chi connectivity index (χ2v) is 12.3. The lowest BCUT2D eigenvalue weighted by Crippen LogP contribution is -2.39. The number of aliphatic hydroxyl groups excluding tert-OH is 1. The van der Waals surface area contributed by atoms with E-state index in [4.69, 9.17) is 0 Å². The number of hydrogen-bond acceptors (Lipinski definition) is 3. The Labute approximate surface area is 214 Å². The molecule has 4 rings (SSSR count). The van der Waals surface area contributed by atoms with Gasteiger partial charge in [0.15, 0.2) is 0 Å². The first-order valence-corrected chi connectivity index (χ1v) is 13.2. The van der Waals surface area contributed by atoms with E-state index in [0.29, 0.717) is 6.07 Å². The van der Waals surface area contributed by atoms with Gasteiger partial charge in [0, 0.05) is 46.8 Å². The molecule has 0 aliphatic heterocycles. The van der Waals surface area contributed by atoms with Crippen LogP contribution in [0.25, 0.3) is 22.0 Å². The van der Waals surface area contributed by atoms with Crippen molar-refractivity contribution in [2.75, 3.05) is 6.61 Å². The number of sulfonamides is 1. The van der Waals surface area contributed by atoms with Crippen LogP contribution in [0, 0.1) is 11.2 Å². The maximum atomic E-state index is 15.4. The number of fused-ring (bicyclic) bond motifs is 1. The molecule has 1 heterocycles. The topological polar surface area (TPSA) is 71.3 Å². The predicted octanol–water partition coefficient (Wildman–Crippen LogP) is 6.17. The second kappa shape index (κ2) is 9.53. The average molecular weight is 567 g/mol. The second-order valence-electron chi connectivity index (χ2n) is 10.3. The molecule has 5 nitrogen and oxygen atoms in total. The highest BCUT2D eigenvalue weighted by molar-refractivity contribution is 7.90. The maximum absolute atomic E-state index is 15.4. The molecule has 0 unspecified atom stereocenters. The van der Waals surface area contributed by atoms with E-state index in [1.807, 2.05) is 0 Å². The average Bonchev–Trinajstić information content (AvgIpc) is 3.61. The van der Waals surface area contributed by atoms with Gasteiger partial charge in [-0.1, -0.05) is 32.0 Å². The van der Waals surface area contributed by atoms with E-state index in [2.05, 4.69) is 0 Å². The van der Waals surface area contributed by atoms with E-state index >= 15 is 4.39 Å². The summed E-state index contributed by atoms with van der Waals surface area (Å²) in [6.07, 6.45) is -8.50. The van der Waals surface area contributed by atoms with Gasteiger partial charge < -0.3 is 9.67 Å². The fourth-order valence-corrected chi connectivity index (χ4v) is 5.86. The first-order valence-electron chi connectivity index (χ1n) is 11.6. The van der Waals surface area contributed by atoms with Crippen LogP contribution >= 0.6 is 0 Å². The van der Waals surface area contributed by atoms with Crippen molar-refractivity contribution >= 4 is 20.9 Å². The van der Waals surface area contributed by atoms with Crippen LogP contribution in [0.1, 0.15) is 43.9 Å². The molecule has 1 fully saturated rings. The zero-order valence-corrected chi connectivity index (χ0v) is 21.1. The van der Waals surface area contributed by atoms with Gasteiger partial charge in [-0.2, -0.15) is 31.1 Å². The SMILES string of the molecule is CC(C)(CO)Cn1cc([C@H](NS(=O)(=O)C2CC2)C(F)(F)F)c2cc(F)c(-c3ccccc3C(F)(F)F)cc21. The summed E-state index contributed by atoms with van der Waals surface area (Å²) in [5.41, 5.74) is -3.65. The summed E-state index contributed by atoms with van der Waals surface area (Å²) in [4.78, 5) is 0. The third-order valence-corrected chi connectivity index (χ3v) is 8.35. The molecule has 0 amide bonds. The van der Waals surface area contributed by atoms with E-state index in [1.165, 1.54) is 10.6 Å². The van der Waals surface area contributed by atoms with Crippen molar-refractivity contribution in [3.63, 3.8) is 0 Å². The number of aliphatic hydroxyl groups is 1. The van der Waals surface area contributed by atoms with Crippen molar-refractivity contribution in [3.8, 4) is 11.1 Å². The summed E-state index contributed by atoms with van der Waals surface area (Å²) < 4.78 is 127. The molecule has 1 atom stereocenters. The number of halogens is 7. The minimum atomic E-state index is -5.11. The number of nitrogens with zero attached hydrogens (tertiary/aromatic N) is 1. The van der Waals surface area contributed by atoms with Gasteiger partial charge in [0.05, 0.1) is 10.8 Å². The third-order valence-electron chi connectivity index (χ3n) is 6.43. The lowest BCUT2D eigenvalue weighted by molar-refractivity contribution is -0.152. The summed E-state index contributed by atoms with van der Waals surface area (Å²) in [6, 6.07) is 3.23. The number of hydrogen-bond donors (Lipinski definition) is 2. The Morgan fingerprint density at radius 3 is 2.24 bits per heavy atom. The van der Waals surface area contributed by atoms with E-state index in [9.17, 15) is 39.9 Å². The van der Waals surface area contributed by atoms with Crippen LogP contribution in [0.5, 0.6) is 0 Å². The zero-order chi connectivity index (χ0) is 28.3. The normalized spacial score (nSPS) is 16.3. The first kappa shape index (κ1) is 28.4. The van der Waals surface area contributed by atoms with Gasteiger partial charge in [0.2, 0.25) is 10.0 Å². The molecule has 13 heteroatoms. The highest BCUT2D eigenvalue weighted by Gasteiger charge is 2.48. The molecule has 3 aromatic rings. The zero-order valence-electron chi connectivity index (χ0n) is 20.3. The summed E-state index contributed by atoms with van der Waals surface area (Å²) >= 11 is 0. The molecular formula is C25H25F7N2O3S. The molecule has 1 saturated carbocycles. The monoisotopic (exact) mass is 566 g/mol. The molecule has 0 saturated heterocycles. The molecular weight excluding hydrogens is 541 g/mol. The summed E-state index contributed by atoms with van der Waals surface area (Å²) in [7, 11) is -4.34. The van der Waals surface area contributed by atoms with Crippen LogP contribution in [0.2, 0.25) is 0 Å². The summed E-state index contributed by atoms with van der Waals surface area (Å²) in [5, 5.41) is 8.45. The van der Waals surface area contributed by atoms with Gasteiger partial charge in [-0.15, -0.1) is 0 Å². The minimum absolute atomic E-state index is 0.0465. The van der Waals surface area contributed by atoms with Crippen molar-refractivity contribution in [2.45, 2.75) is 56.9 Å². The Kier molecular flexibility index (Phi) is 7.11. The lowest BCUT2D eigenvalue weighted by atomic mass is 9.94. The maximum Gasteiger partial charge on any atom is 0.417 e. The molecule has 1 aromatic heterocycles. The van der Waals surface area contributed by atoms with Gasteiger partial charge in [0.25, 0.3) is 0 Å². The largest absolute Gasteiger partial charge is 0.417 e. The molecule has 0 radical (unpaired) electrons. The van der Waals surface area contributed by atoms with Gasteiger partial charge >= 0.3 is 12.4 Å². The number of aromatic nitrogens is 1. The standard InChI is InChI=1S/C25H25F7N2O3S/c1-23(2,13-35)12-34-11-18(22(25(30,31)32)33-38(36,37)14-7-8-14)17-9-20(26)16(10-21(17)34)15-5-3-4-6-19(15)24(27,28)29/h3-6,9-11,14,22,33,35H,7-8,12-13H2,1-2H3/t22-/m0/s1. The van der Waals surface area contributed by atoms with E-state index < -0.39 is 67.2 Å². The molecule has 2 N–H and O–H groups in total. The Balaban J connectivity index is 1.97. The summed E-state index contributed by atoms with van der Waals surface area (Å²) in [5.74, 6) is -1.21. The van der Waals surface area contributed by atoms with E-state index in [1.54, 1.807) is 18.6 Å². The smallest absolute Gasteiger partial charge is 0.396 e. The third kappa shape index (κ3) is 5.69. The van der Waals surface area contributed by atoms with Gasteiger partial charge in [-0.05, 0) is 36.6 Å². The minimum Gasteiger partial charge on any atom is -0.396 e. The van der Waals surface area contributed by atoms with Crippen LogP contribution in [0.3, 0.4) is 0 Å². The van der Waals surface area contributed by atoms with Crippen LogP contribution in [0.15, 0.2) is 42.6 Å². The molecule has 0 spiro atoms. The molecule has 1 aliphatic carbocycles. The van der Waals surface area contributed by atoms with Gasteiger partial charge in [0.1, 0.15) is 11.9 Å². The highest BCUT2D eigenvalue weighted by Crippen LogP contribution is 2.43. The first-order chi connectivity index (χ1) is 17.4. The quantitative estimate of drug-likeness (QED) is 0.321. The fraction of sp³-hybridized carbons (Fsp3) is 0.440. The van der Waals surface area contributed by atoms with E-state index in [0.717, 1.165) is 30.5 Å². The highest BCUT2D eigenvalue weighted by atomic mass is 32.2. The van der Waals surface area contributed by atoms with Crippen molar-refractivity contribution in [1.29, 1.82) is 0 Å². The van der Waals surface area contributed by atoms with E-state index in [-0.39, 0.29) is 36.9 Å². The lowest BCUT2D eigenvalue weighted by Gasteiger charge is -2.23. The summed E-state index contributed by atoms with van der Waals surface area (Å²) in [6.45, 7) is 2.74. The van der Waals surface area contributed by atoms with Crippen molar-refractivity contribution in [3.05, 3.63) is 59.5 Å². The van der Waals surface area contributed by atoms with Crippen molar-refractivity contribution in [2.24, 2.45) is 5.41 Å². The van der Waals surface area contributed by atoms with Crippen molar-refractivity contribution < 1.29 is 44.3 Å². The Morgan fingerprint density at radius 1 is 1.05 bits per heavy atom. The predicted molar refractivity (Wildman–Crippen MR) is 127 cm³/mol.